The molecule has 0 spiro atoms. The summed E-state index contributed by atoms with van der Waals surface area (Å²) in [5.74, 6) is -0.0837. The van der Waals surface area contributed by atoms with Gasteiger partial charge in [-0.1, -0.05) is 15.9 Å². The molecule has 1 fully saturated rings. The van der Waals surface area contributed by atoms with E-state index in [0.29, 0.717) is 13.1 Å². The lowest BCUT2D eigenvalue weighted by Gasteiger charge is -2.40. The van der Waals surface area contributed by atoms with Gasteiger partial charge in [-0.3, -0.25) is 0 Å². The van der Waals surface area contributed by atoms with Gasteiger partial charge in [0, 0.05) is 23.5 Å². The zero-order valence-electron chi connectivity index (χ0n) is 11.2. The second-order valence-corrected chi connectivity index (χ2v) is 6.70. The molecule has 1 aliphatic rings. The molecule has 1 amide bonds. The van der Waals surface area contributed by atoms with Crippen LogP contribution in [0.1, 0.15) is 32.3 Å². The Balaban J connectivity index is 1.94. The van der Waals surface area contributed by atoms with Gasteiger partial charge in [-0.25, -0.2) is 9.18 Å². The maximum Gasteiger partial charge on any atom is 0.410 e. The summed E-state index contributed by atoms with van der Waals surface area (Å²) in [6, 6.07) is 4.83. The summed E-state index contributed by atoms with van der Waals surface area (Å²) in [4.78, 5) is 13.4. The number of ether oxygens (including phenoxy) is 1. The second-order valence-electron chi connectivity index (χ2n) is 5.79. The summed E-state index contributed by atoms with van der Waals surface area (Å²) in [6.07, 6.45) is -0.306. The number of benzene rings is 1. The molecule has 0 saturated carbocycles. The van der Waals surface area contributed by atoms with Crippen LogP contribution in [0.25, 0.3) is 0 Å². The van der Waals surface area contributed by atoms with Crippen LogP contribution < -0.4 is 0 Å². The third-order valence-corrected chi connectivity index (χ3v) is 3.35. The van der Waals surface area contributed by atoms with E-state index in [-0.39, 0.29) is 17.8 Å². The number of rotatable bonds is 1. The summed E-state index contributed by atoms with van der Waals surface area (Å²) >= 11 is 3.27. The van der Waals surface area contributed by atoms with Crippen molar-refractivity contribution in [3.63, 3.8) is 0 Å². The first-order valence-corrected chi connectivity index (χ1v) is 6.98. The van der Waals surface area contributed by atoms with Gasteiger partial charge in [-0.05, 0) is 44.5 Å². The zero-order valence-corrected chi connectivity index (χ0v) is 12.8. The Labute approximate surface area is 120 Å². The molecule has 19 heavy (non-hydrogen) atoms. The molecule has 1 heterocycles. The fraction of sp³-hybridized carbons (Fsp3) is 0.500. The number of carbonyl (C=O) groups is 1. The van der Waals surface area contributed by atoms with Crippen molar-refractivity contribution in [1.29, 1.82) is 0 Å². The lowest BCUT2D eigenvalue weighted by atomic mass is 9.92. The van der Waals surface area contributed by atoms with E-state index in [1.165, 1.54) is 12.1 Å². The minimum absolute atomic E-state index is 0.180. The Bertz CT molecular complexity index is 472. The maximum absolute atomic E-state index is 13.3. The monoisotopic (exact) mass is 329 g/mol. The lowest BCUT2D eigenvalue weighted by molar-refractivity contribution is 0.00818. The van der Waals surface area contributed by atoms with E-state index in [4.69, 9.17) is 4.74 Å². The van der Waals surface area contributed by atoms with Gasteiger partial charge in [0.15, 0.2) is 0 Å². The molecule has 0 aliphatic carbocycles. The first-order chi connectivity index (χ1) is 8.74. The molecule has 5 heteroatoms. The van der Waals surface area contributed by atoms with Crippen LogP contribution in [0.2, 0.25) is 0 Å². The SMILES string of the molecule is CC(C)(C)OC(=O)N1CC(c2cc(F)cc(Br)c2)C1. The largest absolute Gasteiger partial charge is 0.444 e. The predicted octanol–water partition coefficient (Wildman–Crippen LogP) is 3.92. The van der Waals surface area contributed by atoms with Crippen molar-refractivity contribution < 1.29 is 13.9 Å². The lowest BCUT2D eigenvalue weighted by Crippen LogP contribution is -2.50. The van der Waals surface area contributed by atoms with E-state index >= 15 is 0 Å². The smallest absolute Gasteiger partial charge is 0.410 e. The number of nitrogens with zero attached hydrogens (tertiary/aromatic N) is 1. The summed E-state index contributed by atoms with van der Waals surface area (Å²) in [5, 5.41) is 0. The van der Waals surface area contributed by atoms with Crippen molar-refractivity contribution in [3.8, 4) is 0 Å². The average Bonchev–Trinajstić information content (AvgIpc) is 2.09. The fourth-order valence-electron chi connectivity index (χ4n) is 1.98. The molecular formula is C14H17BrFNO2. The highest BCUT2D eigenvalue weighted by Gasteiger charge is 2.34. The van der Waals surface area contributed by atoms with Crippen LogP contribution in [-0.2, 0) is 4.74 Å². The minimum Gasteiger partial charge on any atom is -0.444 e. The van der Waals surface area contributed by atoms with Crippen molar-refractivity contribution in [2.24, 2.45) is 0 Å². The van der Waals surface area contributed by atoms with Gasteiger partial charge in [0.1, 0.15) is 11.4 Å². The van der Waals surface area contributed by atoms with Crippen LogP contribution in [0.4, 0.5) is 9.18 Å². The maximum atomic E-state index is 13.3. The van der Waals surface area contributed by atoms with E-state index < -0.39 is 5.60 Å². The Morgan fingerprint density at radius 3 is 2.53 bits per heavy atom. The molecule has 0 unspecified atom stereocenters. The molecule has 0 bridgehead atoms. The summed E-state index contributed by atoms with van der Waals surface area (Å²) < 4.78 is 19.3. The molecule has 1 aliphatic heterocycles. The highest BCUT2D eigenvalue weighted by Crippen LogP contribution is 2.30. The Kier molecular flexibility index (Phi) is 3.85. The van der Waals surface area contributed by atoms with E-state index in [1.54, 1.807) is 4.90 Å². The van der Waals surface area contributed by atoms with Crippen molar-refractivity contribution in [2.45, 2.75) is 32.3 Å². The zero-order chi connectivity index (χ0) is 14.2. The molecule has 0 aromatic heterocycles. The van der Waals surface area contributed by atoms with E-state index in [0.717, 1.165) is 10.0 Å². The molecule has 104 valence electrons. The van der Waals surface area contributed by atoms with Gasteiger partial charge in [0.05, 0.1) is 0 Å². The topological polar surface area (TPSA) is 29.5 Å². The molecule has 3 nitrogen and oxygen atoms in total. The molecule has 1 aromatic carbocycles. The van der Waals surface area contributed by atoms with Crippen LogP contribution in [-0.4, -0.2) is 29.7 Å². The number of amides is 1. The Hall–Kier alpha value is -1.10. The van der Waals surface area contributed by atoms with Crippen molar-refractivity contribution >= 4 is 22.0 Å². The van der Waals surface area contributed by atoms with Crippen molar-refractivity contribution in [2.75, 3.05) is 13.1 Å². The predicted molar refractivity (Wildman–Crippen MR) is 74.6 cm³/mol. The molecule has 1 saturated heterocycles. The average molecular weight is 330 g/mol. The van der Waals surface area contributed by atoms with Crippen LogP contribution in [0.5, 0.6) is 0 Å². The van der Waals surface area contributed by atoms with Crippen LogP contribution in [0.3, 0.4) is 0 Å². The van der Waals surface area contributed by atoms with Crippen molar-refractivity contribution in [1.82, 2.24) is 4.90 Å². The Morgan fingerprint density at radius 2 is 2.00 bits per heavy atom. The van der Waals surface area contributed by atoms with Gasteiger partial charge >= 0.3 is 6.09 Å². The quantitative estimate of drug-likeness (QED) is 0.781. The van der Waals surface area contributed by atoms with Crippen LogP contribution >= 0.6 is 15.9 Å². The second kappa shape index (κ2) is 5.12. The highest BCUT2D eigenvalue weighted by atomic mass is 79.9. The first kappa shape index (κ1) is 14.3. The number of likely N-dealkylation sites (tertiary alicyclic amines) is 1. The molecule has 2 rings (SSSR count). The van der Waals surface area contributed by atoms with Gasteiger partial charge < -0.3 is 9.64 Å². The number of hydrogen-bond donors (Lipinski definition) is 0. The summed E-state index contributed by atoms with van der Waals surface area (Å²) in [7, 11) is 0. The van der Waals surface area contributed by atoms with Gasteiger partial charge in [-0.2, -0.15) is 0 Å². The minimum atomic E-state index is -0.482. The van der Waals surface area contributed by atoms with E-state index in [2.05, 4.69) is 15.9 Å². The van der Waals surface area contributed by atoms with Crippen LogP contribution in [0, 0.1) is 5.82 Å². The van der Waals surface area contributed by atoms with E-state index in [1.807, 2.05) is 26.8 Å². The van der Waals surface area contributed by atoms with Gasteiger partial charge in [-0.15, -0.1) is 0 Å². The number of halogens is 2. The molecule has 1 aromatic rings. The highest BCUT2D eigenvalue weighted by molar-refractivity contribution is 9.10. The fourth-order valence-corrected chi connectivity index (χ4v) is 2.46. The third kappa shape index (κ3) is 3.69. The first-order valence-electron chi connectivity index (χ1n) is 6.18. The normalized spacial score (nSPS) is 16.2. The van der Waals surface area contributed by atoms with Gasteiger partial charge in [0.25, 0.3) is 0 Å². The Morgan fingerprint density at radius 1 is 1.37 bits per heavy atom. The summed E-state index contributed by atoms with van der Waals surface area (Å²) in [5.41, 5.74) is 0.427. The van der Waals surface area contributed by atoms with Crippen LogP contribution in [0.15, 0.2) is 22.7 Å². The summed E-state index contributed by atoms with van der Waals surface area (Å²) in [6.45, 7) is 6.67. The third-order valence-electron chi connectivity index (χ3n) is 2.89. The number of carbonyl (C=O) groups excluding carboxylic acids is 1. The van der Waals surface area contributed by atoms with Gasteiger partial charge in [0.2, 0.25) is 0 Å². The molecule has 0 radical (unpaired) electrons. The van der Waals surface area contributed by atoms with E-state index in [9.17, 15) is 9.18 Å². The van der Waals surface area contributed by atoms with Crippen molar-refractivity contribution in [3.05, 3.63) is 34.1 Å². The molecule has 0 N–H and O–H groups in total. The molecule has 0 atom stereocenters. The molecular weight excluding hydrogens is 313 g/mol. The standard InChI is InChI=1S/C14H17BrFNO2/c1-14(2,3)19-13(18)17-7-10(8-17)9-4-11(15)6-12(16)5-9/h4-6,10H,7-8H2,1-3H3. The number of hydrogen-bond acceptors (Lipinski definition) is 2.